The molecule has 136 valence electrons. The summed E-state index contributed by atoms with van der Waals surface area (Å²) in [4.78, 5) is 13.8. The van der Waals surface area contributed by atoms with Gasteiger partial charge in [-0.2, -0.15) is 0 Å². The molecule has 0 spiro atoms. The van der Waals surface area contributed by atoms with Gasteiger partial charge in [-0.05, 0) is 42.4 Å². The van der Waals surface area contributed by atoms with E-state index in [9.17, 15) is 20.1 Å². The van der Waals surface area contributed by atoms with E-state index in [1.807, 2.05) is 39.8 Å². The fraction of sp³-hybridized carbons (Fsp3) is 0.632. The van der Waals surface area contributed by atoms with Crippen molar-refractivity contribution in [2.24, 2.45) is 0 Å². The average molecular weight is 337 g/mol. The number of aliphatic hydroxyl groups excluding tert-OH is 2. The molecule has 0 unspecified atom stereocenters. The number of benzene rings is 1. The van der Waals surface area contributed by atoms with Crippen molar-refractivity contribution in [3.05, 3.63) is 28.8 Å². The van der Waals surface area contributed by atoms with Crippen LogP contribution < -0.4 is 0 Å². The Kier molecular flexibility index (Phi) is 6.42. The molecular formula is C19H31NO4. The van der Waals surface area contributed by atoms with Crippen LogP contribution in [-0.4, -0.2) is 51.9 Å². The Morgan fingerprint density at radius 3 is 2.12 bits per heavy atom. The number of hydrogen-bond donors (Lipinski definition) is 3. The monoisotopic (exact) mass is 337 g/mol. The highest BCUT2D eigenvalue weighted by Crippen LogP contribution is 2.34. The van der Waals surface area contributed by atoms with Crippen molar-refractivity contribution in [1.29, 1.82) is 0 Å². The number of amides is 1. The van der Waals surface area contributed by atoms with Crippen molar-refractivity contribution in [2.45, 2.75) is 58.4 Å². The van der Waals surface area contributed by atoms with Gasteiger partial charge >= 0.3 is 0 Å². The second-order valence-electron chi connectivity index (χ2n) is 7.82. The lowest BCUT2D eigenvalue weighted by molar-refractivity contribution is -0.138. The van der Waals surface area contributed by atoms with Gasteiger partial charge in [0, 0.05) is 13.5 Å². The molecule has 0 saturated heterocycles. The smallest absolute Gasteiger partial charge is 0.223 e. The van der Waals surface area contributed by atoms with Crippen molar-refractivity contribution in [2.75, 3.05) is 20.3 Å². The van der Waals surface area contributed by atoms with Crippen LogP contribution in [0.3, 0.4) is 0 Å². The van der Waals surface area contributed by atoms with E-state index in [1.54, 1.807) is 14.0 Å². The van der Waals surface area contributed by atoms with Crippen molar-refractivity contribution in [1.82, 2.24) is 4.90 Å². The molecule has 0 aliphatic rings. The molecule has 24 heavy (non-hydrogen) atoms. The lowest BCUT2D eigenvalue weighted by atomic mass is 9.83. The molecule has 1 rings (SSSR count). The Balaban J connectivity index is 2.92. The number of carbonyl (C=O) groups is 1. The maximum atomic E-state index is 12.4. The van der Waals surface area contributed by atoms with E-state index in [0.717, 1.165) is 16.7 Å². The number of aryl methyl sites for hydroxylation is 2. The fourth-order valence-corrected chi connectivity index (χ4v) is 2.55. The minimum Gasteiger partial charge on any atom is -0.507 e. The van der Waals surface area contributed by atoms with Crippen LogP contribution in [0.5, 0.6) is 5.75 Å². The van der Waals surface area contributed by atoms with Gasteiger partial charge in [-0.1, -0.05) is 32.9 Å². The number of aromatic hydroxyl groups is 1. The third kappa shape index (κ3) is 4.48. The van der Waals surface area contributed by atoms with Gasteiger partial charge in [-0.3, -0.25) is 4.79 Å². The van der Waals surface area contributed by atoms with E-state index in [4.69, 9.17) is 0 Å². The standard InChI is InChI=1S/C19H31NO4/c1-13-9-14(10-15(17(13)24)18(2,3)4)7-8-16(23)20(6)19(5,11-21)12-22/h9-10,21-22,24H,7-8,11-12H2,1-6H3. The number of phenols is 1. The van der Waals surface area contributed by atoms with Gasteiger partial charge in [-0.15, -0.1) is 0 Å². The molecule has 0 saturated carbocycles. The first-order chi connectivity index (χ1) is 11.0. The Morgan fingerprint density at radius 1 is 1.12 bits per heavy atom. The van der Waals surface area contributed by atoms with Gasteiger partial charge < -0.3 is 20.2 Å². The van der Waals surface area contributed by atoms with Crippen molar-refractivity contribution < 1.29 is 20.1 Å². The molecule has 0 fully saturated rings. The van der Waals surface area contributed by atoms with Gasteiger partial charge in [0.1, 0.15) is 5.75 Å². The highest BCUT2D eigenvalue weighted by atomic mass is 16.3. The predicted molar refractivity (Wildman–Crippen MR) is 95.2 cm³/mol. The first-order valence-electron chi connectivity index (χ1n) is 8.27. The second-order valence-corrected chi connectivity index (χ2v) is 7.82. The van der Waals surface area contributed by atoms with Crippen LogP contribution >= 0.6 is 0 Å². The molecule has 5 nitrogen and oxygen atoms in total. The maximum Gasteiger partial charge on any atom is 0.223 e. The van der Waals surface area contributed by atoms with Crippen LogP contribution in [0, 0.1) is 6.92 Å². The quantitative estimate of drug-likeness (QED) is 0.743. The summed E-state index contributed by atoms with van der Waals surface area (Å²) in [7, 11) is 1.59. The molecule has 0 aliphatic carbocycles. The zero-order valence-corrected chi connectivity index (χ0v) is 15.7. The Morgan fingerprint density at radius 2 is 1.67 bits per heavy atom. The number of nitrogens with zero attached hydrogens (tertiary/aromatic N) is 1. The minimum atomic E-state index is -0.960. The molecule has 1 amide bonds. The van der Waals surface area contributed by atoms with E-state index in [0.29, 0.717) is 12.2 Å². The normalized spacial score (nSPS) is 12.3. The van der Waals surface area contributed by atoms with E-state index in [1.165, 1.54) is 4.90 Å². The van der Waals surface area contributed by atoms with Gasteiger partial charge in [-0.25, -0.2) is 0 Å². The van der Waals surface area contributed by atoms with E-state index >= 15 is 0 Å². The number of hydrogen-bond acceptors (Lipinski definition) is 4. The largest absolute Gasteiger partial charge is 0.507 e. The Hall–Kier alpha value is -1.59. The van der Waals surface area contributed by atoms with Crippen LogP contribution in [0.2, 0.25) is 0 Å². The molecule has 0 atom stereocenters. The maximum absolute atomic E-state index is 12.4. The lowest BCUT2D eigenvalue weighted by Gasteiger charge is -2.35. The van der Waals surface area contributed by atoms with Crippen LogP contribution in [-0.2, 0) is 16.6 Å². The minimum absolute atomic E-state index is 0.136. The molecular weight excluding hydrogens is 306 g/mol. The molecule has 1 aromatic carbocycles. The number of likely N-dealkylation sites (N-methyl/N-ethyl adjacent to an activating group) is 1. The third-order valence-electron chi connectivity index (χ3n) is 4.66. The van der Waals surface area contributed by atoms with Crippen molar-refractivity contribution >= 4 is 5.91 Å². The lowest BCUT2D eigenvalue weighted by Crippen LogP contribution is -2.52. The molecule has 3 N–H and O–H groups in total. The molecule has 0 heterocycles. The molecule has 0 radical (unpaired) electrons. The summed E-state index contributed by atoms with van der Waals surface area (Å²) in [5.41, 5.74) is 1.52. The molecule has 0 bridgehead atoms. The van der Waals surface area contributed by atoms with Crippen molar-refractivity contribution in [3.8, 4) is 5.75 Å². The Labute approximate surface area is 144 Å². The predicted octanol–water partition coefficient (Wildman–Crippen LogP) is 2.13. The summed E-state index contributed by atoms with van der Waals surface area (Å²) in [5, 5.41) is 29.1. The van der Waals surface area contributed by atoms with E-state index < -0.39 is 5.54 Å². The van der Waals surface area contributed by atoms with Crippen molar-refractivity contribution in [3.63, 3.8) is 0 Å². The topological polar surface area (TPSA) is 81.0 Å². The van der Waals surface area contributed by atoms with Gasteiger partial charge in [0.15, 0.2) is 0 Å². The third-order valence-corrected chi connectivity index (χ3v) is 4.66. The van der Waals surface area contributed by atoms with E-state index in [-0.39, 0.29) is 31.0 Å². The SMILES string of the molecule is Cc1cc(CCC(=O)N(C)C(C)(CO)CO)cc(C(C)(C)C)c1O. The summed E-state index contributed by atoms with van der Waals surface area (Å²) in [6, 6.07) is 3.85. The van der Waals surface area contributed by atoms with E-state index in [2.05, 4.69) is 0 Å². The van der Waals surface area contributed by atoms with Gasteiger partial charge in [0.05, 0.1) is 18.8 Å². The zero-order chi connectivity index (χ0) is 18.7. The first-order valence-corrected chi connectivity index (χ1v) is 8.27. The number of carbonyl (C=O) groups excluding carboxylic acids is 1. The number of phenolic OH excluding ortho intramolecular Hbond substituents is 1. The summed E-state index contributed by atoms with van der Waals surface area (Å²) >= 11 is 0. The van der Waals surface area contributed by atoms with Crippen LogP contribution in [0.1, 0.15) is 50.8 Å². The molecule has 1 aromatic rings. The summed E-state index contributed by atoms with van der Waals surface area (Å²) in [6.07, 6.45) is 0.820. The number of aliphatic hydroxyl groups is 2. The van der Waals surface area contributed by atoms with Gasteiger partial charge in [0.2, 0.25) is 5.91 Å². The molecule has 0 aromatic heterocycles. The summed E-state index contributed by atoms with van der Waals surface area (Å²) < 4.78 is 0. The second kappa shape index (κ2) is 7.53. The summed E-state index contributed by atoms with van der Waals surface area (Å²) in [6.45, 7) is 9.04. The highest BCUT2D eigenvalue weighted by Gasteiger charge is 2.31. The first kappa shape index (κ1) is 20.5. The Bertz CT molecular complexity index is 586. The van der Waals surface area contributed by atoms with Gasteiger partial charge in [0.25, 0.3) is 0 Å². The summed E-state index contributed by atoms with van der Waals surface area (Å²) in [5.74, 6) is 0.173. The zero-order valence-electron chi connectivity index (χ0n) is 15.7. The average Bonchev–Trinajstić information content (AvgIpc) is 2.52. The van der Waals surface area contributed by atoms with Crippen LogP contribution in [0.15, 0.2) is 12.1 Å². The number of rotatable bonds is 6. The highest BCUT2D eigenvalue weighted by molar-refractivity contribution is 5.77. The molecule has 5 heteroatoms. The van der Waals surface area contributed by atoms with Crippen LogP contribution in [0.25, 0.3) is 0 Å². The van der Waals surface area contributed by atoms with Crippen LogP contribution in [0.4, 0.5) is 0 Å². The fourth-order valence-electron chi connectivity index (χ4n) is 2.55. The molecule has 0 aliphatic heterocycles.